The average molecular weight is 808 g/mol. The van der Waals surface area contributed by atoms with Gasteiger partial charge in [-0.25, -0.2) is 0 Å². The predicted molar refractivity (Wildman–Crippen MR) is 250 cm³/mol. The van der Waals surface area contributed by atoms with Gasteiger partial charge < -0.3 is 19.1 Å². The first kappa shape index (κ1) is 49.7. The van der Waals surface area contributed by atoms with E-state index in [1.54, 1.807) is 5.57 Å². The molecular formula is C54H97NO3. The van der Waals surface area contributed by atoms with Gasteiger partial charge in [-0.2, -0.15) is 0 Å². The van der Waals surface area contributed by atoms with Crippen molar-refractivity contribution in [3.05, 3.63) is 36.0 Å². The summed E-state index contributed by atoms with van der Waals surface area (Å²) >= 11 is 0. The van der Waals surface area contributed by atoms with Gasteiger partial charge in [-0.05, 0) is 157 Å². The quantitative estimate of drug-likeness (QED) is 0.0411. The van der Waals surface area contributed by atoms with Crippen molar-refractivity contribution in [2.24, 2.45) is 46.3 Å². The summed E-state index contributed by atoms with van der Waals surface area (Å²) in [7, 11) is 4.29. The molecule has 0 amide bonds. The lowest BCUT2D eigenvalue weighted by Crippen LogP contribution is -2.51. The summed E-state index contributed by atoms with van der Waals surface area (Å²) < 4.78 is 20.0. The Labute approximate surface area is 361 Å². The Hall–Kier alpha value is -0.940. The second-order valence-electron chi connectivity index (χ2n) is 21.2. The molecule has 0 aliphatic heterocycles. The number of rotatable bonds is 30. The van der Waals surface area contributed by atoms with Gasteiger partial charge in [0.1, 0.15) is 0 Å². The first-order valence-corrected chi connectivity index (χ1v) is 25.5. The second-order valence-corrected chi connectivity index (χ2v) is 21.2. The van der Waals surface area contributed by atoms with E-state index < -0.39 is 0 Å². The lowest BCUT2D eigenvalue weighted by atomic mass is 9.47. The molecule has 4 nitrogen and oxygen atoms in total. The van der Waals surface area contributed by atoms with Crippen LogP contribution in [-0.4, -0.2) is 57.3 Å². The third-order valence-corrected chi connectivity index (χ3v) is 15.8. The zero-order valence-electron chi connectivity index (χ0n) is 40.1. The van der Waals surface area contributed by atoms with Gasteiger partial charge in [-0.15, -0.1) is 0 Å². The van der Waals surface area contributed by atoms with Crippen LogP contribution in [-0.2, 0) is 14.2 Å². The molecule has 3 fully saturated rings. The molecule has 336 valence electrons. The minimum Gasteiger partial charge on any atom is -0.379 e. The normalized spacial score (nSPS) is 30.2. The molecule has 0 bridgehead atoms. The van der Waals surface area contributed by atoms with E-state index in [2.05, 4.69) is 97.8 Å². The number of nitrogens with zero attached hydrogens (tertiary/aromatic N) is 1. The van der Waals surface area contributed by atoms with Crippen LogP contribution in [0.4, 0.5) is 0 Å². The summed E-state index contributed by atoms with van der Waals surface area (Å²) in [6.07, 6.45) is 44.5. The Morgan fingerprint density at radius 2 is 1.48 bits per heavy atom. The van der Waals surface area contributed by atoms with Crippen molar-refractivity contribution in [3.63, 3.8) is 0 Å². The smallest absolute Gasteiger partial charge is 0.158 e. The van der Waals surface area contributed by atoms with Crippen LogP contribution in [0.3, 0.4) is 0 Å². The standard InChI is InChI=1S/C54H97NO3/c1-10-12-13-14-15-16-17-18-19-20-21-22-23-24-25-26-39-56-42-47(41-55(8)9)58-52(28-11-2)57-46-35-37-53(6)45(40-46)31-32-48-50-34-33-49(44(5)30-27-29-43(3)4)54(50,7)38-36-51(48)53/h15-16,18-19,31,43-44,46-52H,10-14,17,20-30,32-42H2,1-9H3/t44-,46?,47?,48+,49-,50+,51+,52?,53+,54-/m1/s1. The molecule has 0 N–H and O–H groups in total. The van der Waals surface area contributed by atoms with Crippen LogP contribution in [0.2, 0.25) is 0 Å². The Balaban J connectivity index is 1.16. The first-order chi connectivity index (χ1) is 28.0. The summed E-state index contributed by atoms with van der Waals surface area (Å²) in [4.78, 5) is 2.24. The van der Waals surface area contributed by atoms with E-state index in [0.29, 0.717) is 17.4 Å². The molecule has 0 spiro atoms. The highest BCUT2D eigenvalue weighted by Gasteiger charge is 2.59. The Morgan fingerprint density at radius 1 is 0.759 bits per heavy atom. The van der Waals surface area contributed by atoms with Crippen molar-refractivity contribution in [2.45, 2.75) is 227 Å². The Bertz CT molecular complexity index is 1190. The van der Waals surface area contributed by atoms with Crippen molar-refractivity contribution >= 4 is 0 Å². The largest absolute Gasteiger partial charge is 0.379 e. The number of fused-ring (bicyclic) bond motifs is 5. The van der Waals surface area contributed by atoms with Crippen LogP contribution in [0.15, 0.2) is 36.0 Å². The monoisotopic (exact) mass is 808 g/mol. The van der Waals surface area contributed by atoms with Crippen LogP contribution in [0.25, 0.3) is 0 Å². The molecule has 3 unspecified atom stereocenters. The molecular weight excluding hydrogens is 711 g/mol. The van der Waals surface area contributed by atoms with Crippen LogP contribution in [0, 0.1) is 46.3 Å². The van der Waals surface area contributed by atoms with E-state index in [1.165, 1.54) is 128 Å². The van der Waals surface area contributed by atoms with Gasteiger partial charge in [0.25, 0.3) is 0 Å². The summed E-state index contributed by atoms with van der Waals surface area (Å²) in [5.41, 5.74) is 2.64. The van der Waals surface area contributed by atoms with E-state index >= 15 is 0 Å². The summed E-state index contributed by atoms with van der Waals surface area (Å²) in [6, 6.07) is 0. The maximum absolute atomic E-state index is 6.94. The van der Waals surface area contributed by atoms with Crippen LogP contribution < -0.4 is 0 Å². The van der Waals surface area contributed by atoms with Gasteiger partial charge in [0.15, 0.2) is 6.29 Å². The number of hydrogen-bond acceptors (Lipinski definition) is 4. The number of ether oxygens (including phenoxy) is 3. The molecule has 4 heteroatoms. The lowest BCUT2D eigenvalue weighted by Gasteiger charge is -2.58. The number of allylic oxidation sites excluding steroid dienone is 5. The highest BCUT2D eigenvalue weighted by atomic mass is 16.7. The van der Waals surface area contributed by atoms with Crippen molar-refractivity contribution in [1.29, 1.82) is 0 Å². The Kier molecular flexibility index (Phi) is 22.7. The second kappa shape index (κ2) is 26.5. The maximum Gasteiger partial charge on any atom is 0.158 e. The zero-order chi connectivity index (χ0) is 41.8. The van der Waals surface area contributed by atoms with Crippen molar-refractivity contribution in [1.82, 2.24) is 4.90 Å². The van der Waals surface area contributed by atoms with E-state index in [0.717, 1.165) is 80.8 Å². The molecule has 3 saturated carbocycles. The highest BCUT2D eigenvalue weighted by molar-refractivity contribution is 5.25. The first-order valence-electron chi connectivity index (χ1n) is 25.5. The molecule has 0 radical (unpaired) electrons. The predicted octanol–water partition coefficient (Wildman–Crippen LogP) is 15.3. The van der Waals surface area contributed by atoms with Crippen LogP contribution >= 0.6 is 0 Å². The molecule has 0 aromatic heterocycles. The van der Waals surface area contributed by atoms with Gasteiger partial charge in [0.2, 0.25) is 0 Å². The molecule has 58 heavy (non-hydrogen) atoms. The fraction of sp³-hybridized carbons (Fsp3) is 0.889. The third kappa shape index (κ3) is 15.4. The van der Waals surface area contributed by atoms with Crippen LogP contribution in [0.5, 0.6) is 0 Å². The van der Waals surface area contributed by atoms with E-state index in [9.17, 15) is 0 Å². The van der Waals surface area contributed by atoms with Gasteiger partial charge in [-0.3, -0.25) is 0 Å². The van der Waals surface area contributed by atoms with E-state index in [-0.39, 0.29) is 18.5 Å². The molecule has 0 aromatic rings. The van der Waals surface area contributed by atoms with Crippen molar-refractivity contribution in [3.8, 4) is 0 Å². The topological polar surface area (TPSA) is 30.9 Å². The summed E-state index contributed by atoms with van der Waals surface area (Å²) in [5.74, 6) is 5.31. The zero-order valence-corrected chi connectivity index (χ0v) is 40.1. The van der Waals surface area contributed by atoms with Gasteiger partial charge in [0.05, 0.1) is 18.8 Å². The van der Waals surface area contributed by atoms with E-state index in [4.69, 9.17) is 14.2 Å². The fourth-order valence-corrected chi connectivity index (χ4v) is 12.6. The molecule has 0 saturated heterocycles. The van der Waals surface area contributed by atoms with Gasteiger partial charge in [-0.1, -0.05) is 149 Å². The maximum atomic E-state index is 6.94. The summed E-state index contributed by atoms with van der Waals surface area (Å²) in [6.45, 7) is 19.7. The Morgan fingerprint density at radius 3 is 2.19 bits per heavy atom. The summed E-state index contributed by atoms with van der Waals surface area (Å²) in [5, 5.41) is 0. The van der Waals surface area contributed by atoms with Gasteiger partial charge >= 0.3 is 0 Å². The molecule has 4 aliphatic rings. The average Bonchev–Trinajstić information content (AvgIpc) is 3.54. The SMILES string of the molecule is CCCCCC=CCC=CCCCCCCCCOCC(CN(C)C)OC(CCC)OC1CC[C@@]2(C)C(=CC[C@H]3[C@@H]4CC[C@H]([C@H](C)CCCC(C)C)[C@@]4(C)CC[C@@H]32)C1. The van der Waals surface area contributed by atoms with E-state index in [1.807, 2.05) is 0 Å². The van der Waals surface area contributed by atoms with Gasteiger partial charge in [0, 0.05) is 13.2 Å². The molecule has 4 aliphatic carbocycles. The number of unbranched alkanes of at least 4 members (excludes halogenated alkanes) is 9. The number of hydrogen-bond donors (Lipinski definition) is 0. The van der Waals surface area contributed by atoms with Crippen molar-refractivity contribution in [2.75, 3.05) is 33.9 Å². The minimum absolute atomic E-state index is 0.0318. The molecule has 4 rings (SSSR count). The number of likely N-dealkylation sites (N-methyl/N-ethyl adjacent to an activating group) is 1. The van der Waals surface area contributed by atoms with Crippen molar-refractivity contribution < 1.29 is 14.2 Å². The lowest BCUT2D eigenvalue weighted by molar-refractivity contribution is -0.213. The highest BCUT2D eigenvalue weighted by Crippen LogP contribution is 2.67. The van der Waals surface area contributed by atoms with Crippen LogP contribution in [0.1, 0.15) is 209 Å². The molecule has 0 heterocycles. The molecule has 0 aromatic carbocycles. The minimum atomic E-state index is -0.153. The fourth-order valence-electron chi connectivity index (χ4n) is 12.6. The third-order valence-electron chi connectivity index (χ3n) is 15.8. The molecule has 10 atom stereocenters.